The number of thioether (sulfide) groups is 2. The van der Waals surface area contributed by atoms with Gasteiger partial charge >= 0.3 is 13.7 Å². The Hall–Kier alpha value is -3.59. The molecule has 3 aromatic rings. The predicted molar refractivity (Wildman–Crippen MR) is 159 cm³/mol. The number of carbonyl (C=O) groups is 3. The summed E-state index contributed by atoms with van der Waals surface area (Å²) in [4.78, 5) is 69.2. The van der Waals surface area contributed by atoms with Gasteiger partial charge in [-0.1, -0.05) is 16.9 Å². The Bertz CT molecular complexity index is 1660. The van der Waals surface area contributed by atoms with Gasteiger partial charge in [0.15, 0.2) is 22.8 Å². The molecule has 6 N–H and O–H groups in total. The molecule has 17 nitrogen and oxygen atoms in total. The summed E-state index contributed by atoms with van der Waals surface area (Å²) in [6.45, 7) is 1.58. The van der Waals surface area contributed by atoms with Gasteiger partial charge in [0.25, 0.3) is 5.91 Å². The van der Waals surface area contributed by atoms with Gasteiger partial charge in [0.1, 0.15) is 19.0 Å². The van der Waals surface area contributed by atoms with Crippen molar-refractivity contribution in [2.75, 3.05) is 17.4 Å². The van der Waals surface area contributed by atoms with E-state index in [4.69, 9.17) is 14.6 Å². The Balaban J connectivity index is 1.51. The molecule has 0 aromatic carbocycles. The molecule has 0 saturated carbocycles. The zero-order chi connectivity index (χ0) is 32.0. The van der Waals surface area contributed by atoms with Crippen molar-refractivity contribution in [3.63, 3.8) is 0 Å². The Kier molecular flexibility index (Phi) is 10.9. The third kappa shape index (κ3) is 8.74. The van der Waals surface area contributed by atoms with E-state index in [1.165, 1.54) is 11.3 Å². The molecule has 234 valence electrons. The number of aromatic nitrogens is 4. The summed E-state index contributed by atoms with van der Waals surface area (Å²) in [5.74, 6) is -4.50. The van der Waals surface area contributed by atoms with Crippen LogP contribution in [0.3, 0.4) is 0 Å². The van der Waals surface area contributed by atoms with Gasteiger partial charge in [-0.2, -0.15) is 9.36 Å². The molecule has 0 fully saturated rings. The molecule has 44 heavy (non-hydrogen) atoms. The molecule has 2 unspecified atom stereocenters. The Labute approximate surface area is 265 Å². The van der Waals surface area contributed by atoms with Gasteiger partial charge in [0, 0.05) is 45.3 Å². The molecule has 1 amide bonds. The Morgan fingerprint density at radius 1 is 1.32 bits per heavy atom. The first-order chi connectivity index (χ1) is 20.8. The topological polar surface area (TPSA) is 252 Å². The fourth-order valence-corrected chi connectivity index (χ4v) is 7.96. The van der Waals surface area contributed by atoms with E-state index in [0.29, 0.717) is 26.5 Å². The van der Waals surface area contributed by atoms with E-state index in [0.717, 1.165) is 29.1 Å². The summed E-state index contributed by atoms with van der Waals surface area (Å²) >= 11 is 3.96. The number of nitrogens with zero attached hydrogens (tertiary/aromatic N) is 5. The summed E-state index contributed by atoms with van der Waals surface area (Å²) < 4.78 is 17.5. The van der Waals surface area contributed by atoms with Crippen LogP contribution in [0, 0.1) is 0 Å². The van der Waals surface area contributed by atoms with Crippen LogP contribution in [0.15, 0.2) is 50.0 Å². The van der Waals surface area contributed by atoms with Gasteiger partial charge in [-0.15, -0.1) is 23.1 Å². The van der Waals surface area contributed by atoms with Crippen molar-refractivity contribution in [1.82, 2.24) is 25.0 Å². The Morgan fingerprint density at radius 2 is 2.05 bits per heavy atom. The summed E-state index contributed by atoms with van der Waals surface area (Å²) in [6.07, 6.45) is 3.75. The third-order valence-corrected chi connectivity index (χ3v) is 10.1. The number of amides is 1. The SMILES string of the molecule is CCO/N=C(/C(=O)NC(C(=O)O)C1NC(C(=O)[O-])=C(Sc2nc(-c3cc[n+](C)cc3)cs2)CS1)c1nsc(NP(=O)(O)O)n1. The second-order valence-electron chi connectivity index (χ2n) is 8.54. The van der Waals surface area contributed by atoms with Crippen molar-refractivity contribution < 1.29 is 48.4 Å². The largest absolute Gasteiger partial charge is 0.543 e. The highest BCUT2D eigenvalue weighted by Gasteiger charge is 2.36. The van der Waals surface area contributed by atoms with Crippen molar-refractivity contribution >= 4 is 82.8 Å². The fourth-order valence-electron chi connectivity index (χ4n) is 3.43. The lowest BCUT2D eigenvalue weighted by atomic mass is 10.2. The van der Waals surface area contributed by atoms with Crippen LogP contribution in [-0.2, 0) is 30.8 Å². The number of rotatable bonds is 13. The minimum absolute atomic E-state index is 0.0157. The quantitative estimate of drug-likeness (QED) is 0.0580. The molecule has 3 aromatic heterocycles. The summed E-state index contributed by atoms with van der Waals surface area (Å²) in [5, 5.41) is 32.7. The molecule has 1 aliphatic rings. The van der Waals surface area contributed by atoms with Crippen LogP contribution >= 0.6 is 54.1 Å². The van der Waals surface area contributed by atoms with Crippen LogP contribution in [0.4, 0.5) is 5.13 Å². The van der Waals surface area contributed by atoms with Crippen molar-refractivity contribution in [1.29, 1.82) is 0 Å². The monoisotopic (exact) mass is 702 g/mol. The van der Waals surface area contributed by atoms with Crippen LogP contribution in [0.25, 0.3) is 11.3 Å². The summed E-state index contributed by atoms with van der Waals surface area (Å²) in [7, 11) is -2.84. The number of carbonyl (C=O) groups excluding carboxylic acids is 2. The smallest absolute Gasteiger partial charge is 0.429 e. The zero-order valence-corrected chi connectivity index (χ0v) is 26.7. The maximum atomic E-state index is 13.1. The second kappa shape index (κ2) is 14.5. The van der Waals surface area contributed by atoms with E-state index >= 15 is 0 Å². The molecule has 4 heterocycles. The molecular weight excluding hydrogens is 680 g/mol. The maximum absolute atomic E-state index is 13.1. The summed E-state index contributed by atoms with van der Waals surface area (Å²) in [6, 6.07) is 2.11. The number of hydrogen-bond donors (Lipinski definition) is 6. The van der Waals surface area contributed by atoms with Crippen LogP contribution in [0.5, 0.6) is 0 Å². The van der Waals surface area contributed by atoms with Gasteiger partial charge < -0.3 is 40.3 Å². The first-order valence-corrected chi connectivity index (χ1v) is 17.3. The highest BCUT2D eigenvalue weighted by atomic mass is 32.2. The lowest BCUT2D eigenvalue weighted by molar-refractivity contribution is -0.671. The number of carboxylic acids is 2. The molecule has 1 aliphatic heterocycles. The van der Waals surface area contributed by atoms with Gasteiger partial charge in [-0.05, 0) is 6.92 Å². The summed E-state index contributed by atoms with van der Waals surface area (Å²) in [5.41, 5.74) is 0.666. The van der Waals surface area contributed by atoms with Gasteiger partial charge in [0.2, 0.25) is 16.7 Å². The molecular formula is C22H23N8O9PS4. The molecule has 2 atom stereocenters. The molecule has 0 spiro atoms. The second-order valence-corrected chi connectivity index (χ2v) is 13.9. The van der Waals surface area contributed by atoms with Crippen LogP contribution in [0.1, 0.15) is 12.7 Å². The number of aliphatic carboxylic acids is 2. The van der Waals surface area contributed by atoms with E-state index in [1.807, 2.05) is 46.6 Å². The highest BCUT2D eigenvalue weighted by molar-refractivity contribution is 8.07. The van der Waals surface area contributed by atoms with Gasteiger partial charge in [-0.3, -0.25) is 9.88 Å². The molecule has 0 bridgehead atoms. The van der Waals surface area contributed by atoms with Crippen LogP contribution in [-0.4, -0.2) is 76.6 Å². The van der Waals surface area contributed by atoms with E-state index in [-0.39, 0.29) is 23.2 Å². The number of thiazole rings is 1. The van der Waals surface area contributed by atoms with Gasteiger partial charge in [0.05, 0.1) is 17.4 Å². The fraction of sp³-hybridized carbons (Fsp3) is 0.273. The van der Waals surface area contributed by atoms with Crippen molar-refractivity contribution in [3.8, 4) is 11.3 Å². The minimum Gasteiger partial charge on any atom is -0.543 e. The first-order valence-electron chi connectivity index (χ1n) is 12.2. The van der Waals surface area contributed by atoms with E-state index in [1.54, 1.807) is 6.92 Å². The third-order valence-electron chi connectivity index (χ3n) is 5.37. The maximum Gasteiger partial charge on any atom is 0.429 e. The van der Waals surface area contributed by atoms with Crippen LogP contribution < -0.4 is 25.4 Å². The average Bonchev–Trinajstić information content (AvgIpc) is 3.61. The van der Waals surface area contributed by atoms with E-state index in [2.05, 4.69) is 30.1 Å². The molecule has 0 saturated heterocycles. The molecule has 22 heteroatoms. The number of carboxylic acid groups (broad SMARTS) is 2. The minimum atomic E-state index is -4.73. The number of oxime groups is 1. The van der Waals surface area contributed by atoms with Gasteiger partial charge in [-0.25, -0.2) is 18.9 Å². The molecule has 0 radical (unpaired) electrons. The molecule has 0 aliphatic carbocycles. The van der Waals surface area contributed by atoms with E-state index < -0.39 is 48.5 Å². The first kappa shape index (κ1) is 33.3. The standard InChI is InChI=1S/C22H23N8O9PS4/c1-3-39-27-14(16-26-21(44-29-16)28-40(36,37)38)17(31)24-15(20(34)35)18-25-13(19(32)33)12(9-41-18)43-22-23-11(8-42-22)10-4-6-30(2)7-5-10/h4-8,15,18,25H,3,9H2,1-2H3,(H5-,24,26,28,29,31,32,33,34,35,36,37,38)/b27-14+. The zero-order valence-electron chi connectivity index (χ0n) is 22.6. The molecule has 4 rings (SSSR count). The lowest BCUT2D eigenvalue weighted by Gasteiger charge is -2.32. The normalized spacial score (nSPS) is 16.2. The number of nitrogens with one attached hydrogen (secondary N) is 3. The number of anilines is 1. The number of hydrogen-bond acceptors (Lipinski definition) is 15. The van der Waals surface area contributed by atoms with Crippen molar-refractivity contribution in [2.24, 2.45) is 12.2 Å². The van der Waals surface area contributed by atoms with E-state index in [9.17, 15) is 29.2 Å². The van der Waals surface area contributed by atoms with Crippen LogP contribution in [0.2, 0.25) is 0 Å². The lowest BCUT2D eigenvalue weighted by Crippen LogP contribution is -2.56. The van der Waals surface area contributed by atoms with Crippen molar-refractivity contribution in [3.05, 3.63) is 46.3 Å². The number of pyridine rings is 1. The van der Waals surface area contributed by atoms with Crippen molar-refractivity contribution in [2.45, 2.75) is 22.7 Å². The highest BCUT2D eigenvalue weighted by Crippen LogP contribution is 2.38. The Morgan fingerprint density at radius 3 is 2.68 bits per heavy atom. The average molecular weight is 703 g/mol. The number of aryl methyl sites for hydroxylation is 1. The predicted octanol–water partition coefficient (Wildman–Crippen LogP) is -0.283.